The fourth-order valence-electron chi connectivity index (χ4n) is 1.59. The molecule has 0 radical (unpaired) electrons. The number of rotatable bonds is 5. The first-order chi connectivity index (χ1) is 10.1. The molecule has 0 spiro atoms. The Hall–Kier alpha value is -1.79. The van der Waals surface area contributed by atoms with Crippen molar-refractivity contribution in [2.24, 2.45) is 5.16 Å². The number of thioether (sulfide) groups is 1. The first-order valence-electron chi connectivity index (χ1n) is 6.28. The summed E-state index contributed by atoms with van der Waals surface area (Å²) in [5.41, 5.74) is 0.668. The van der Waals surface area contributed by atoms with E-state index in [1.54, 1.807) is 31.2 Å². The van der Waals surface area contributed by atoms with Crippen molar-refractivity contribution >= 4 is 26.9 Å². The molecular formula is C15H15NO3S2. The van der Waals surface area contributed by atoms with Crippen molar-refractivity contribution in [1.29, 1.82) is 0 Å². The normalized spacial score (nSPS) is 12.1. The molecule has 0 saturated heterocycles. The quantitative estimate of drug-likeness (QED) is 0.365. The van der Waals surface area contributed by atoms with E-state index in [4.69, 9.17) is 4.28 Å². The fraction of sp³-hybridized carbons (Fsp3) is 0.133. The molecule has 0 heterocycles. The van der Waals surface area contributed by atoms with Crippen LogP contribution in [0, 0.1) is 0 Å². The van der Waals surface area contributed by atoms with Crippen LogP contribution in [0.3, 0.4) is 0 Å². The minimum absolute atomic E-state index is 0.194. The standard InChI is InChI=1S/C15H15NO3S2/c1-13(20-15-10-6-3-7-11-15)16-19-21(17,18)12-14-8-4-2-5-9-14/h2-11H,12H2,1H3. The average molecular weight is 321 g/mol. The van der Waals surface area contributed by atoms with Gasteiger partial charge in [-0.1, -0.05) is 65.4 Å². The number of hydrogen-bond acceptors (Lipinski definition) is 5. The Morgan fingerprint density at radius 3 is 2.24 bits per heavy atom. The highest BCUT2D eigenvalue weighted by Gasteiger charge is 2.13. The van der Waals surface area contributed by atoms with Crippen molar-refractivity contribution in [2.45, 2.75) is 17.6 Å². The summed E-state index contributed by atoms with van der Waals surface area (Å²) in [5.74, 6) is -0.194. The van der Waals surface area contributed by atoms with Crippen molar-refractivity contribution in [3.8, 4) is 0 Å². The van der Waals surface area contributed by atoms with Gasteiger partial charge in [0.05, 0.1) is 0 Å². The molecule has 2 rings (SSSR count). The first-order valence-corrected chi connectivity index (χ1v) is 8.67. The lowest BCUT2D eigenvalue weighted by atomic mass is 10.2. The maximum atomic E-state index is 11.8. The minimum atomic E-state index is -3.72. The van der Waals surface area contributed by atoms with E-state index < -0.39 is 10.1 Å². The molecule has 0 N–H and O–H groups in total. The monoisotopic (exact) mass is 321 g/mol. The molecule has 2 aromatic rings. The van der Waals surface area contributed by atoms with Gasteiger partial charge in [-0.15, -0.1) is 0 Å². The lowest BCUT2D eigenvalue weighted by Gasteiger charge is -2.03. The third-order valence-electron chi connectivity index (χ3n) is 2.47. The van der Waals surface area contributed by atoms with Gasteiger partial charge in [-0.25, -0.2) is 0 Å². The van der Waals surface area contributed by atoms with Crippen molar-refractivity contribution < 1.29 is 12.7 Å². The molecule has 0 amide bonds. The summed E-state index contributed by atoms with van der Waals surface area (Å²) < 4.78 is 28.3. The third-order valence-corrected chi connectivity index (χ3v) is 4.34. The van der Waals surface area contributed by atoms with Gasteiger partial charge in [0.2, 0.25) is 0 Å². The smallest absolute Gasteiger partial charge is 0.267 e. The van der Waals surface area contributed by atoms with Crippen LogP contribution in [0.5, 0.6) is 0 Å². The van der Waals surface area contributed by atoms with Gasteiger partial charge in [-0.05, 0) is 24.6 Å². The molecule has 0 aliphatic rings. The molecule has 2 aromatic carbocycles. The zero-order chi connectivity index (χ0) is 15.1. The summed E-state index contributed by atoms with van der Waals surface area (Å²) in [6.07, 6.45) is 0. The maximum absolute atomic E-state index is 11.8. The maximum Gasteiger partial charge on any atom is 0.332 e. The molecule has 0 aromatic heterocycles. The SMILES string of the molecule is CC(=NOS(=O)(=O)Cc1ccccc1)Sc1ccccc1. The van der Waals surface area contributed by atoms with Crippen LogP contribution in [-0.4, -0.2) is 13.5 Å². The molecule has 0 atom stereocenters. The van der Waals surface area contributed by atoms with Crippen LogP contribution in [0.25, 0.3) is 0 Å². The van der Waals surface area contributed by atoms with Crippen molar-refractivity contribution in [1.82, 2.24) is 0 Å². The van der Waals surface area contributed by atoms with Gasteiger partial charge in [0.25, 0.3) is 0 Å². The van der Waals surface area contributed by atoms with E-state index in [0.29, 0.717) is 10.6 Å². The van der Waals surface area contributed by atoms with E-state index in [0.717, 1.165) is 4.90 Å². The molecule has 4 nitrogen and oxygen atoms in total. The molecule has 110 valence electrons. The summed E-state index contributed by atoms with van der Waals surface area (Å²) in [7, 11) is -3.72. The molecule has 0 bridgehead atoms. The zero-order valence-corrected chi connectivity index (χ0v) is 13.1. The molecule has 0 fully saturated rings. The third kappa shape index (κ3) is 5.61. The van der Waals surface area contributed by atoms with Crippen LogP contribution in [-0.2, 0) is 20.2 Å². The van der Waals surface area contributed by atoms with Crippen molar-refractivity contribution in [3.63, 3.8) is 0 Å². The second-order valence-corrected chi connectivity index (χ2v) is 7.11. The highest BCUT2D eigenvalue weighted by molar-refractivity contribution is 8.13. The van der Waals surface area contributed by atoms with Crippen molar-refractivity contribution in [3.05, 3.63) is 66.2 Å². The van der Waals surface area contributed by atoms with Gasteiger partial charge < -0.3 is 0 Å². The van der Waals surface area contributed by atoms with Gasteiger partial charge in [-0.2, -0.15) is 8.42 Å². The Kier molecular flexibility index (Phi) is 5.41. The number of hydrogen-bond donors (Lipinski definition) is 0. The lowest BCUT2D eigenvalue weighted by molar-refractivity contribution is 0.339. The van der Waals surface area contributed by atoms with Crippen LogP contribution < -0.4 is 0 Å². The van der Waals surface area contributed by atoms with Crippen LogP contribution in [0.2, 0.25) is 0 Å². The van der Waals surface area contributed by atoms with E-state index >= 15 is 0 Å². The average Bonchev–Trinajstić information content (AvgIpc) is 2.47. The van der Waals surface area contributed by atoms with Crippen LogP contribution in [0.4, 0.5) is 0 Å². The first kappa shape index (κ1) is 15.6. The van der Waals surface area contributed by atoms with Crippen molar-refractivity contribution in [2.75, 3.05) is 0 Å². The highest BCUT2D eigenvalue weighted by atomic mass is 32.2. The Labute approximate surface area is 129 Å². The molecule has 21 heavy (non-hydrogen) atoms. The fourth-order valence-corrected chi connectivity index (χ4v) is 3.23. The topological polar surface area (TPSA) is 55.7 Å². The minimum Gasteiger partial charge on any atom is -0.267 e. The second kappa shape index (κ2) is 7.28. The van der Waals surface area contributed by atoms with Crippen LogP contribution in [0.1, 0.15) is 12.5 Å². The number of benzene rings is 2. The summed E-state index contributed by atoms with van der Waals surface area (Å²) >= 11 is 1.35. The van der Waals surface area contributed by atoms with E-state index in [1.165, 1.54) is 11.8 Å². The lowest BCUT2D eigenvalue weighted by Crippen LogP contribution is -2.06. The molecule has 6 heteroatoms. The van der Waals surface area contributed by atoms with E-state index in [9.17, 15) is 8.42 Å². The molecule has 0 aliphatic carbocycles. The zero-order valence-electron chi connectivity index (χ0n) is 11.5. The van der Waals surface area contributed by atoms with Crippen LogP contribution in [0.15, 0.2) is 70.7 Å². The number of nitrogens with zero attached hydrogens (tertiary/aromatic N) is 1. The van der Waals surface area contributed by atoms with E-state index in [-0.39, 0.29) is 5.75 Å². The highest BCUT2D eigenvalue weighted by Crippen LogP contribution is 2.19. The largest absolute Gasteiger partial charge is 0.332 e. The Morgan fingerprint density at radius 1 is 1.05 bits per heavy atom. The number of oxime groups is 1. The molecule has 0 aliphatic heterocycles. The summed E-state index contributed by atoms with van der Waals surface area (Å²) in [5, 5.41) is 4.20. The molecule has 0 unspecified atom stereocenters. The van der Waals surface area contributed by atoms with E-state index in [1.807, 2.05) is 36.4 Å². The summed E-state index contributed by atoms with van der Waals surface area (Å²) in [6, 6.07) is 18.4. The van der Waals surface area contributed by atoms with Gasteiger partial charge in [0.15, 0.2) is 0 Å². The van der Waals surface area contributed by atoms with Gasteiger partial charge >= 0.3 is 10.1 Å². The summed E-state index contributed by atoms with van der Waals surface area (Å²) in [4.78, 5) is 0.975. The Balaban J connectivity index is 1.95. The molecular weight excluding hydrogens is 306 g/mol. The molecule has 0 saturated carbocycles. The Morgan fingerprint density at radius 2 is 1.62 bits per heavy atom. The second-order valence-electron chi connectivity index (χ2n) is 4.29. The van der Waals surface area contributed by atoms with Gasteiger partial charge in [0.1, 0.15) is 10.8 Å². The predicted molar refractivity (Wildman–Crippen MR) is 85.6 cm³/mol. The van der Waals surface area contributed by atoms with Crippen LogP contribution >= 0.6 is 11.8 Å². The predicted octanol–water partition coefficient (Wildman–Crippen LogP) is 3.66. The van der Waals surface area contributed by atoms with Gasteiger partial charge in [0, 0.05) is 4.90 Å². The summed E-state index contributed by atoms with van der Waals surface area (Å²) in [6.45, 7) is 1.70. The van der Waals surface area contributed by atoms with Gasteiger partial charge in [-0.3, -0.25) is 4.28 Å². The van der Waals surface area contributed by atoms with E-state index in [2.05, 4.69) is 5.16 Å². The Bertz CT molecular complexity index is 698.